The first-order chi connectivity index (χ1) is 11.3. The Hall–Kier alpha value is -2.45. The molecular formula is C16H19N2O5S+. The lowest BCUT2D eigenvalue weighted by Crippen LogP contribution is -2.41. The summed E-state index contributed by atoms with van der Waals surface area (Å²) in [7, 11) is 1.22. The van der Waals surface area contributed by atoms with Crippen molar-refractivity contribution in [3.05, 3.63) is 39.8 Å². The summed E-state index contributed by atoms with van der Waals surface area (Å²) in [6, 6.07) is 4.04. The first-order valence-corrected chi connectivity index (χ1v) is 8.08. The quantitative estimate of drug-likeness (QED) is 0.431. The van der Waals surface area contributed by atoms with Crippen molar-refractivity contribution < 1.29 is 29.1 Å². The number of esters is 1. The number of amides is 1. The number of benzene rings is 1. The van der Waals surface area contributed by atoms with Crippen LogP contribution in [-0.2, 0) is 16.1 Å². The summed E-state index contributed by atoms with van der Waals surface area (Å²) in [6.07, 6.45) is -0.595. The van der Waals surface area contributed by atoms with E-state index in [2.05, 4.69) is 10.1 Å². The van der Waals surface area contributed by atoms with Gasteiger partial charge in [-0.05, 0) is 25.1 Å². The van der Waals surface area contributed by atoms with Crippen LogP contribution in [0.1, 0.15) is 34.0 Å². The van der Waals surface area contributed by atoms with Gasteiger partial charge in [-0.25, -0.2) is 4.79 Å². The van der Waals surface area contributed by atoms with Gasteiger partial charge in [0.05, 0.1) is 24.5 Å². The van der Waals surface area contributed by atoms with E-state index in [1.54, 1.807) is 17.0 Å². The largest absolute Gasteiger partial charge is 0.508 e. The van der Waals surface area contributed by atoms with Crippen molar-refractivity contribution in [3.8, 4) is 5.75 Å². The number of anilines is 1. The molecule has 0 spiro atoms. The van der Waals surface area contributed by atoms with E-state index in [9.17, 15) is 19.8 Å². The second-order valence-electron chi connectivity index (χ2n) is 5.25. The van der Waals surface area contributed by atoms with Gasteiger partial charge in [0.15, 0.2) is 5.69 Å². The minimum absolute atomic E-state index is 0.0382. The van der Waals surface area contributed by atoms with Gasteiger partial charge in [0.2, 0.25) is 12.1 Å². The lowest BCUT2D eigenvalue weighted by molar-refractivity contribution is -0.685. The van der Waals surface area contributed by atoms with E-state index in [1.807, 2.05) is 6.92 Å². The third kappa shape index (κ3) is 3.90. The van der Waals surface area contributed by atoms with Crippen LogP contribution in [0, 0.1) is 6.92 Å². The minimum atomic E-state index is -0.656. The van der Waals surface area contributed by atoms with Gasteiger partial charge in [-0.15, -0.1) is 0 Å². The summed E-state index contributed by atoms with van der Waals surface area (Å²) >= 11 is 1.37. The molecule has 1 amide bonds. The first-order valence-electron chi connectivity index (χ1n) is 7.20. The Kier molecular flexibility index (Phi) is 5.53. The van der Waals surface area contributed by atoms with E-state index in [4.69, 9.17) is 0 Å². The lowest BCUT2D eigenvalue weighted by Gasteiger charge is -2.09. The molecule has 1 heterocycles. The number of phenolic OH excluding ortho intramolecular Hbond substituents is 1. The molecule has 1 aromatic heterocycles. The Morgan fingerprint density at radius 1 is 1.42 bits per heavy atom. The normalized spacial score (nSPS) is 11.8. The number of hydrogen-bond acceptors (Lipinski definition) is 6. The van der Waals surface area contributed by atoms with Crippen molar-refractivity contribution in [1.82, 2.24) is 0 Å². The SMILES string of the molecule is COC(=O)c1cc(O)ccc1NC(=O)C[n+]1csc(C(C)O)c1C. The summed E-state index contributed by atoms with van der Waals surface area (Å²) in [6.45, 7) is 3.53. The Balaban J connectivity index is 2.17. The number of methoxy groups -OCH3 is 1. The van der Waals surface area contributed by atoms with E-state index in [-0.39, 0.29) is 29.5 Å². The zero-order chi connectivity index (χ0) is 17.9. The molecule has 0 aliphatic heterocycles. The number of ether oxygens (including phenoxy) is 1. The van der Waals surface area contributed by atoms with Crippen LogP contribution >= 0.6 is 11.3 Å². The fourth-order valence-electron chi connectivity index (χ4n) is 2.25. The van der Waals surface area contributed by atoms with Gasteiger partial charge < -0.3 is 20.3 Å². The van der Waals surface area contributed by atoms with Crippen LogP contribution in [0.3, 0.4) is 0 Å². The highest BCUT2D eigenvalue weighted by atomic mass is 32.1. The molecule has 7 nitrogen and oxygen atoms in total. The number of aromatic nitrogens is 1. The Labute approximate surface area is 143 Å². The van der Waals surface area contributed by atoms with Crippen molar-refractivity contribution in [1.29, 1.82) is 0 Å². The van der Waals surface area contributed by atoms with Crippen LogP contribution in [0.25, 0.3) is 0 Å². The molecule has 128 valence electrons. The highest BCUT2D eigenvalue weighted by Gasteiger charge is 2.22. The number of thiazole rings is 1. The van der Waals surface area contributed by atoms with E-state index in [1.165, 1.54) is 36.6 Å². The molecule has 0 aliphatic rings. The third-order valence-corrected chi connectivity index (χ3v) is 4.72. The molecule has 0 fully saturated rings. The average molecular weight is 351 g/mol. The van der Waals surface area contributed by atoms with Crippen molar-refractivity contribution in [2.24, 2.45) is 0 Å². The van der Waals surface area contributed by atoms with Gasteiger partial charge in [-0.2, -0.15) is 4.57 Å². The number of aliphatic hydroxyl groups excluding tert-OH is 1. The summed E-state index contributed by atoms with van der Waals surface area (Å²) < 4.78 is 6.37. The molecule has 0 aliphatic carbocycles. The summed E-state index contributed by atoms with van der Waals surface area (Å²) in [5.74, 6) is -1.09. The van der Waals surface area contributed by atoms with Gasteiger partial charge in [0, 0.05) is 6.92 Å². The molecule has 2 aromatic rings. The lowest BCUT2D eigenvalue weighted by atomic mass is 10.1. The van der Waals surface area contributed by atoms with E-state index >= 15 is 0 Å². The average Bonchev–Trinajstić information content (AvgIpc) is 2.89. The van der Waals surface area contributed by atoms with Gasteiger partial charge in [0.1, 0.15) is 10.6 Å². The molecular weight excluding hydrogens is 332 g/mol. The predicted molar refractivity (Wildman–Crippen MR) is 88.0 cm³/mol. The fraction of sp³-hybridized carbons (Fsp3) is 0.312. The maximum absolute atomic E-state index is 12.3. The topological polar surface area (TPSA) is 99.7 Å². The molecule has 0 saturated carbocycles. The Morgan fingerprint density at radius 2 is 2.12 bits per heavy atom. The first kappa shape index (κ1) is 17.9. The molecule has 0 radical (unpaired) electrons. The predicted octanol–water partition coefficient (Wildman–Crippen LogP) is 1.53. The number of carbonyl (C=O) groups excluding carboxylic acids is 2. The summed E-state index contributed by atoms with van der Waals surface area (Å²) in [4.78, 5) is 24.8. The number of hydrogen-bond donors (Lipinski definition) is 3. The highest BCUT2D eigenvalue weighted by molar-refractivity contribution is 7.09. The highest BCUT2D eigenvalue weighted by Crippen LogP contribution is 2.22. The van der Waals surface area contributed by atoms with E-state index < -0.39 is 12.1 Å². The smallest absolute Gasteiger partial charge is 0.340 e. The number of carbonyl (C=O) groups is 2. The molecule has 0 bridgehead atoms. The van der Waals surface area contributed by atoms with Crippen LogP contribution in [0.5, 0.6) is 5.75 Å². The second-order valence-corrected chi connectivity index (χ2v) is 6.13. The monoisotopic (exact) mass is 351 g/mol. The fourth-order valence-corrected chi connectivity index (χ4v) is 3.21. The third-order valence-electron chi connectivity index (χ3n) is 3.47. The second kappa shape index (κ2) is 7.41. The molecule has 1 atom stereocenters. The number of rotatable bonds is 5. The van der Waals surface area contributed by atoms with Gasteiger partial charge >= 0.3 is 5.97 Å². The van der Waals surface area contributed by atoms with Crippen LogP contribution in [0.2, 0.25) is 0 Å². The number of nitrogens with zero attached hydrogens (tertiary/aromatic N) is 1. The maximum atomic E-state index is 12.3. The van der Waals surface area contributed by atoms with E-state index in [0.717, 1.165) is 10.6 Å². The maximum Gasteiger partial charge on any atom is 0.340 e. The van der Waals surface area contributed by atoms with Gasteiger partial charge in [-0.1, -0.05) is 11.3 Å². The summed E-state index contributed by atoms with van der Waals surface area (Å²) in [5, 5.41) is 21.8. The number of nitrogens with one attached hydrogen (secondary N) is 1. The minimum Gasteiger partial charge on any atom is -0.508 e. The number of aromatic hydroxyl groups is 1. The zero-order valence-corrected chi connectivity index (χ0v) is 14.4. The Morgan fingerprint density at radius 3 is 2.71 bits per heavy atom. The van der Waals surface area contributed by atoms with Gasteiger partial charge in [-0.3, -0.25) is 4.79 Å². The molecule has 3 N–H and O–H groups in total. The zero-order valence-electron chi connectivity index (χ0n) is 13.6. The number of phenols is 1. The number of aliphatic hydroxyl groups is 1. The van der Waals surface area contributed by atoms with E-state index in [0.29, 0.717) is 0 Å². The van der Waals surface area contributed by atoms with Crippen molar-refractivity contribution in [2.45, 2.75) is 26.5 Å². The van der Waals surface area contributed by atoms with Crippen LogP contribution in [0.15, 0.2) is 23.7 Å². The van der Waals surface area contributed by atoms with Crippen LogP contribution in [0.4, 0.5) is 5.69 Å². The molecule has 2 rings (SSSR count). The van der Waals surface area contributed by atoms with Crippen molar-refractivity contribution in [2.75, 3.05) is 12.4 Å². The Bertz CT molecular complexity index is 770. The molecule has 24 heavy (non-hydrogen) atoms. The molecule has 8 heteroatoms. The summed E-state index contributed by atoms with van der Waals surface area (Å²) in [5.41, 5.74) is 2.90. The van der Waals surface area contributed by atoms with Crippen LogP contribution in [-0.4, -0.2) is 29.2 Å². The molecule has 0 saturated heterocycles. The molecule has 1 unspecified atom stereocenters. The molecule has 1 aromatic carbocycles. The van der Waals surface area contributed by atoms with Gasteiger partial charge in [0.25, 0.3) is 5.91 Å². The van der Waals surface area contributed by atoms with Crippen molar-refractivity contribution >= 4 is 28.9 Å². The van der Waals surface area contributed by atoms with Crippen molar-refractivity contribution in [3.63, 3.8) is 0 Å². The van der Waals surface area contributed by atoms with Crippen LogP contribution < -0.4 is 9.88 Å². The standard InChI is InChI=1S/C16H18N2O5S/c1-9-15(10(2)19)24-8-18(9)7-14(21)17-13-5-4-11(20)6-12(13)16(22)23-3/h4-6,8,10,19H,7H2,1-3H3,(H-,17,20,21,22)/p+1.